The third-order valence-electron chi connectivity index (χ3n) is 8.00. The summed E-state index contributed by atoms with van der Waals surface area (Å²) in [7, 11) is 3.73. The van der Waals surface area contributed by atoms with Crippen molar-refractivity contribution < 1.29 is 19.4 Å². The number of aliphatic hydroxyl groups excluding tert-OH is 1. The van der Waals surface area contributed by atoms with E-state index in [1.165, 1.54) is 6.42 Å². The summed E-state index contributed by atoms with van der Waals surface area (Å²) in [4.78, 5) is 29.4. The average Bonchev–Trinajstić information content (AvgIpc) is 3.15. The van der Waals surface area contributed by atoms with E-state index in [1.807, 2.05) is 69.0 Å². The maximum atomic E-state index is 13.9. The predicted octanol–water partition coefficient (Wildman–Crippen LogP) is 4.02. The van der Waals surface area contributed by atoms with Crippen LogP contribution in [0.3, 0.4) is 0 Å². The van der Waals surface area contributed by atoms with E-state index < -0.39 is 6.29 Å². The molecule has 3 atom stereocenters. The first-order valence-electron chi connectivity index (χ1n) is 13.6. The number of ether oxygens (including phenoxy) is 2. The van der Waals surface area contributed by atoms with Crippen molar-refractivity contribution in [2.75, 3.05) is 20.3 Å². The maximum Gasteiger partial charge on any atom is 0.288 e. The second kappa shape index (κ2) is 12.1. The molecule has 4 rings (SSSR count). The van der Waals surface area contributed by atoms with Crippen LogP contribution in [0.5, 0.6) is 0 Å². The maximum absolute atomic E-state index is 13.9. The SMILES string of the molecule is CCO[C@H]1OC(C(=O)N(C)C2CCCCC2)=C[C@@H](c2c(C)n(C)n(-c3ccccc3)c2=O)[C@H]1CCCO. The number of carbonyl (C=O) groups is 1. The molecule has 1 aromatic carbocycles. The van der Waals surface area contributed by atoms with Gasteiger partial charge in [-0.25, -0.2) is 4.68 Å². The molecule has 8 nitrogen and oxygen atoms in total. The number of para-hydroxylation sites is 1. The first-order chi connectivity index (χ1) is 17.9. The summed E-state index contributed by atoms with van der Waals surface area (Å²) in [5.41, 5.74) is 2.12. The smallest absolute Gasteiger partial charge is 0.288 e. The van der Waals surface area contributed by atoms with E-state index in [2.05, 4.69) is 0 Å². The lowest BCUT2D eigenvalue weighted by Gasteiger charge is -2.38. The monoisotopic (exact) mass is 511 g/mol. The largest absolute Gasteiger partial charge is 0.459 e. The number of hydrogen-bond donors (Lipinski definition) is 1. The van der Waals surface area contributed by atoms with E-state index in [-0.39, 0.29) is 41.7 Å². The number of allylic oxidation sites excluding steroid dienone is 1. The molecule has 1 aliphatic carbocycles. The van der Waals surface area contributed by atoms with Crippen molar-refractivity contribution in [2.24, 2.45) is 13.0 Å². The standard InChI is InChI=1S/C29H41N3O5/c1-5-36-29-23(17-12-18-33)24(19-25(37-29)27(34)30(3)21-13-8-6-9-14-21)26-20(2)31(4)32(28(26)35)22-15-10-7-11-16-22/h7,10-11,15-16,19,21,23-24,29,33H,5-6,8-9,12-14,17-18H2,1-4H3/t23-,24-,29+/m1/s1. The van der Waals surface area contributed by atoms with Gasteiger partial charge in [0.25, 0.3) is 11.5 Å². The van der Waals surface area contributed by atoms with Gasteiger partial charge in [-0.15, -0.1) is 0 Å². The normalized spacial score (nSPS) is 22.4. The minimum Gasteiger partial charge on any atom is -0.459 e. The Bertz CT molecular complexity index is 1150. The third-order valence-corrected chi connectivity index (χ3v) is 8.00. The minimum atomic E-state index is -0.686. The lowest BCUT2D eigenvalue weighted by molar-refractivity contribution is -0.170. The van der Waals surface area contributed by atoms with Gasteiger partial charge < -0.3 is 19.5 Å². The van der Waals surface area contributed by atoms with Crippen LogP contribution in [0.15, 0.2) is 47.0 Å². The number of amides is 1. The van der Waals surface area contributed by atoms with E-state index >= 15 is 0 Å². The highest BCUT2D eigenvalue weighted by Crippen LogP contribution is 2.40. The Kier molecular flexibility index (Phi) is 8.92. The summed E-state index contributed by atoms with van der Waals surface area (Å²) in [5.74, 6) is -0.536. The van der Waals surface area contributed by atoms with Crippen LogP contribution < -0.4 is 5.56 Å². The van der Waals surface area contributed by atoms with E-state index in [0.717, 1.165) is 37.1 Å². The molecule has 1 saturated carbocycles. The molecule has 0 bridgehead atoms. The van der Waals surface area contributed by atoms with Crippen molar-refractivity contribution in [1.82, 2.24) is 14.3 Å². The molecule has 8 heteroatoms. The van der Waals surface area contributed by atoms with Crippen molar-refractivity contribution >= 4 is 5.91 Å². The fraction of sp³-hybridized carbons (Fsp3) is 0.586. The van der Waals surface area contributed by atoms with Gasteiger partial charge in [-0.2, -0.15) is 0 Å². The van der Waals surface area contributed by atoms with Gasteiger partial charge in [-0.1, -0.05) is 37.5 Å². The number of aromatic nitrogens is 2. The van der Waals surface area contributed by atoms with Crippen LogP contribution >= 0.6 is 0 Å². The predicted molar refractivity (Wildman–Crippen MR) is 143 cm³/mol. The second-order valence-electron chi connectivity index (χ2n) is 10.2. The van der Waals surface area contributed by atoms with Gasteiger partial charge in [-0.05, 0) is 57.7 Å². The van der Waals surface area contributed by atoms with Gasteiger partial charge in [0, 0.05) is 56.4 Å². The van der Waals surface area contributed by atoms with E-state index in [4.69, 9.17) is 9.47 Å². The van der Waals surface area contributed by atoms with Crippen LogP contribution in [0.2, 0.25) is 0 Å². The van der Waals surface area contributed by atoms with Crippen LogP contribution in [-0.2, 0) is 21.3 Å². The first-order valence-corrected chi connectivity index (χ1v) is 13.6. The lowest BCUT2D eigenvalue weighted by Crippen LogP contribution is -2.43. The number of nitrogens with zero attached hydrogens (tertiary/aromatic N) is 3. The molecule has 0 radical (unpaired) electrons. The van der Waals surface area contributed by atoms with E-state index in [0.29, 0.717) is 25.0 Å². The molecule has 1 amide bonds. The zero-order chi connectivity index (χ0) is 26.5. The molecule has 1 N–H and O–H groups in total. The molecular formula is C29H41N3O5. The molecule has 37 heavy (non-hydrogen) atoms. The quantitative estimate of drug-likeness (QED) is 0.550. The molecular weight excluding hydrogens is 470 g/mol. The molecule has 2 aromatic rings. The summed E-state index contributed by atoms with van der Waals surface area (Å²) in [5, 5.41) is 9.61. The van der Waals surface area contributed by atoms with Crippen molar-refractivity contribution in [1.29, 1.82) is 0 Å². The Morgan fingerprint density at radius 1 is 1.19 bits per heavy atom. The lowest BCUT2D eigenvalue weighted by atomic mass is 9.80. The van der Waals surface area contributed by atoms with Crippen LogP contribution in [-0.4, -0.2) is 57.9 Å². The molecule has 2 heterocycles. The third kappa shape index (κ3) is 5.55. The molecule has 1 aromatic heterocycles. The van der Waals surface area contributed by atoms with E-state index in [1.54, 1.807) is 9.58 Å². The zero-order valence-electron chi connectivity index (χ0n) is 22.6. The van der Waals surface area contributed by atoms with Crippen molar-refractivity contribution in [3.63, 3.8) is 0 Å². The van der Waals surface area contributed by atoms with Crippen LogP contribution in [0, 0.1) is 12.8 Å². The number of likely N-dealkylation sites (N-methyl/N-ethyl adjacent to an activating group) is 1. The molecule has 202 valence electrons. The summed E-state index contributed by atoms with van der Waals surface area (Å²) in [6.45, 7) is 4.28. The topological polar surface area (TPSA) is 85.9 Å². The van der Waals surface area contributed by atoms with Gasteiger partial charge in [0.1, 0.15) is 0 Å². The number of aliphatic hydroxyl groups is 1. The number of benzene rings is 1. The van der Waals surface area contributed by atoms with Crippen LogP contribution in [0.25, 0.3) is 5.69 Å². The van der Waals surface area contributed by atoms with Gasteiger partial charge in [0.15, 0.2) is 5.76 Å². The highest BCUT2D eigenvalue weighted by molar-refractivity contribution is 5.92. The molecule has 0 spiro atoms. The summed E-state index contributed by atoms with van der Waals surface area (Å²) < 4.78 is 15.8. The molecule has 0 saturated heterocycles. The highest BCUT2D eigenvalue weighted by Gasteiger charge is 2.41. The zero-order valence-corrected chi connectivity index (χ0v) is 22.6. The van der Waals surface area contributed by atoms with Crippen LogP contribution in [0.1, 0.15) is 69.0 Å². The van der Waals surface area contributed by atoms with Crippen molar-refractivity contribution in [3.05, 3.63) is 63.8 Å². The Morgan fingerprint density at radius 2 is 1.89 bits per heavy atom. The van der Waals surface area contributed by atoms with Gasteiger partial charge in [-0.3, -0.25) is 14.3 Å². The molecule has 2 aliphatic rings. The van der Waals surface area contributed by atoms with Crippen molar-refractivity contribution in [2.45, 2.75) is 77.0 Å². The average molecular weight is 512 g/mol. The molecule has 1 fully saturated rings. The van der Waals surface area contributed by atoms with Crippen LogP contribution in [0.4, 0.5) is 0 Å². The summed E-state index contributed by atoms with van der Waals surface area (Å²) >= 11 is 0. The highest BCUT2D eigenvalue weighted by atomic mass is 16.7. The van der Waals surface area contributed by atoms with Crippen molar-refractivity contribution in [3.8, 4) is 5.69 Å². The fourth-order valence-corrected chi connectivity index (χ4v) is 5.87. The number of carbonyl (C=O) groups excluding carboxylic acids is 1. The Hall–Kier alpha value is -2.84. The fourth-order valence-electron chi connectivity index (χ4n) is 5.87. The number of rotatable bonds is 9. The Balaban J connectivity index is 1.80. The van der Waals surface area contributed by atoms with Gasteiger partial charge in [0.05, 0.1) is 5.69 Å². The molecule has 1 aliphatic heterocycles. The first kappa shape index (κ1) is 27.2. The summed E-state index contributed by atoms with van der Waals surface area (Å²) in [6.07, 6.45) is 7.73. The Morgan fingerprint density at radius 3 is 2.54 bits per heavy atom. The second-order valence-corrected chi connectivity index (χ2v) is 10.2. The Labute approximate surface area is 219 Å². The van der Waals surface area contributed by atoms with Gasteiger partial charge >= 0.3 is 0 Å². The molecule has 0 unspecified atom stereocenters. The number of hydrogen-bond acceptors (Lipinski definition) is 5. The van der Waals surface area contributed by atoms with E-state index in [9.17, 15) is 14.7 Å². The summed E-state index contributed by atoms with van der Waals surface area (Å²) in [6, 6.07) is 9.74. The van der Waals surface area contributed by atoms with Gasteiger partial charge in [0.2, 0.25) is 6.29 Å². The minimum absolute atomic E-state index is 0.0318.